The number of likely N-dealkylation sites (N-methyl/N-ethyl adjacent to an activating group) is 1. The third kappa shape index (κ3) is 4.19. The number of aryl methyl sites for hydroxylation is 2. The van der Waals surface area contributed by atoms with E-state index >= 15 is 0 Å². The number of ketones is 1. The number of phenolic OH excluding ortho intramolecular Hbond substituents is 1. The summed E-state index contributed by atoms with van der Waals surface area (Å²) in [5.41, 5.74) is 1.78. The van der Waals surface area contributed by atoms with E-state index in [1.807, 2.05) is 19.0 Å². The molecule has 0 aliphatic carbocycles. The Labute approximate surface area is 185 Å². The lowest BCUT2D eigenvalue weighted by molar-refractivity contribution is -0.384. The average molecular weight is 439 g/mol. The van der Waals surface area contributed by atoms with Crippen LogP contribution in [0.1, 0.15) is 28.3 Å². The first-order valence-corrected chi connectivity index (χ1v) is 10.0. The minimum atomic E-state index is -0.947. The van der Waals surface area contributed by atoms with Crippen molar-refractivity contribution in [3.05, 3.63) is 74.3 Å². The molecule has 1 atom stereocenters. The molecule has 0 aromatic heterocycles. The molecule has 1 fully saturated rings. The molecular formula is C23H25N3O6. The number of benzene rings is 2. The third-order valence-corrected chi connectivity index (χ3v) is 5.61. The number of likely N-dealkylation sites (tertiary alicyclic amines) is 1. The quantitative estimate of drug-likeness (QED) is 0.233. The Bertz CT molecular complexity index is 1120. The molecule has 1 unspecified atom stereocenters. The largest absolute Gasteiger partial charge is 0.507 e. The number of nitro benzene ring substituents is 1. The SMILES string of the molecule is Cc1cc(O)c(C(O)=C2C(=O)C(=O)N(CCN(C)C)C2c2ccc([N+](=O)[O-])cc2)cc1C. The number of amides is 1. The zero-order valence-corrected chi connectivity index (χ0v) is 18.3. The summed E-state index contributed by atoms with van der Waals surface area (Å²) in [6.07, 6.45) is 0. The summed E-state index contributed by atoms with van der Waals surface area (Å²) in [6, 6.07) is 7.59. The molecule has 2 N–H and O–H groups in total. The summed E-state index contributed by atoms with van der Waals surface area (Å²) in [7, 11) is 3.65. The molecule has 2 aromatic carbocycles. The molecule has 2 aromatic rings. The van der Waals surface area contributed by atoms with Crippen molar-refractivity contribution in [3.63, 3.8) is 0 Å². The number of hydrogen-bond acceptors (Lipinski definition) is 7. The number of carbonyl (C=O) groups excluding carboxylic acids is 2. The number of Topliss-reactive ketones (excluding diaryl/α,β-unsaturated/α-hetero) is 1. The summed E-state index contributed by atoms with van der Waals surface area (Å²) in [6.45, 7) is 4.27. The minimum absolute atomic E-state index is 0.0469. The minimum Gasteiger partial charge on any atom is -0.507 e. The first-order valence-electron chi connectivity index (χ1n) is 10.0. The van der Waals surface area contributed by atoms with Gasteiger partial charge in [-0.3, -0.25) is 19.7 Å². The van der Waals surface area contributed by atoms with E-state index in [4.69, 9.17) is 0 Å². The highest BCUT2D eigenvalue weighted by atomic mass is 16.6. The molecule has 0 saturated carbocycles. The molecule has 1 amide bonds. The highest BCUT2D eigenvalue weighted by Crippen LogP contribution is 2.41. The Kier molecular flexibility index (Phi) is 6.31. The van der Waals surface area contributed by atoms with Crippen LogP contribution in [-0.4, -0.2) is 63.8 Å². The monoisotopic (exact) mass is 439 g/mol. The second kappa shape index (κ2) is 8.80. The molecule has 0 bridgehead atoms. The molecule has 0 spiro atoms. The number of hydrogen-bond donors (Lipinski definition) is 2. The van der Waals surface area contributed by atoms with Crippen molar-refractivity contribution in [1.29, 1.82) is 0 Å². The van der Waals surface area contributed by atoms with Gasteiger partial charge in [0.25, 0.3) is 17.4 Å². The van der Waals surface area contributed by atoms with Crippen molar-refractivity contribution in [3.8, 4) is 5.75 Å². The van der Waals surface area contributed by atoms with Gasteiger partial charge in [0.15, 0.2) is 0 Å². The van der Waals surface area contributed by atoms with Crippen molar-refractivity contribution < 1.29 is 24.7 Å². The van der Waals surface area contributed by atoms with Crippen molar-refractivity contribution in [1.82, 2.24) is 9.80 Å². The van der Waals surface area contributed by atoms with Crippen molar-refractivity contribution >= 4 is 23.1 Å². The molecule has 168 valence electrons. The Morgan fingerprint density at radius 3 is 2.28 bits per heavy atom. The van der Waals surface area contributed by atoms with Crippen LogP contribution in [0.15, 0.2) is 42.0 Å². The van der Waals surface area contributed by atoms with Crippen LogP contribution in [0.5, 0.6) is 5.75 Å². The summed E-state index contributed by atoms with van der Waals surface area (Å²) in [5, 5.41) is 32.5. The number of aliphatic hydroxyl groups is 1. The zero-order valence-electron chi connectivity index (χ0n) is 18.3. The van der Waals surface area contributed by atoms with Crippen LogP contribution in [0.4, 0.5) is 5.69 Å². The molecule has 1 heterocycles. The van der Waals surface area contributed by atoms with E-state index in [0.29, 0.717) is 12.1 Å². The van der Waals surface area contributed by atoms with Crippen molar-refractivity contribution in [2.24, 2.45) is 0 Å². The van der Waals surface area contributed by atoms with E-state index in [9.17, 15) is 29.9 Å². The van der Waals surface area contributed by atoms with Gasteiger partial charge in [-0.15, -0.1) is 0 Å². The summed E-state index contributed by atoms with van der Waals surface area (Å²) in [4.78, 5) is 39.5. The molecule has 1 saturated heterocycles. The van der Waals surface area contributed by atoms with Gasteiger partial charge in [0, 0.05) is 25.2 Å². The number of aliphatic hydroxyl groups excluding tert-OH is 1. The van der Waals surface area contributed by atoms with Crippen LogP contribution in [0.3, 0.4) is 0 Å². The maximum absolute atomic E-state index is 13.0. The highest BCUT2D eigenvalue weighted by molar-refractivity contribution is 6.46. The average Bonchev–Trinajstić information content (AvgIpc) is 2.99. The topological polar surface area (TPSA) is 124 Å². The lowest BCUT2D eigenvalue weighted by Crippen LogP contribution is -2.35. The standard InChI is InChI=1S/C23H25N3O6/c1-13-11-17(18(27)12-14(13)2)21(28)19-20(15-5-7-16(8-6-15)26(31)32)25(10-9-24(3)4)23(30)22(19)29/h5-8,11-12,20,27-28H,9-10H2,1-4H3. The fourth-order valence-electron chi connectivity index (χ4n) is 3.68. The molecule has 1 aliphatic heterocycles. The van der Waals surface area contributed by atoms with Crippen LogP contribution in [-0.2, 0) is 9.59 Å². The Hall–Kier alpha value is -3.72. The summed E-state index contributed by atoms with van der Waals surface area (Å²) in [5.74, 6) is -2.35. The van der Waals surface area contributed by atoms with E-state index in [1.54, 1.807) is 19.9 Å². The van der Waals surface area contributed by atoms with Gasteiger partial charge in [0.2, 0.25) is 0 Å². The number of rotatable bonds is 6. The lowest BCUT2D eigenvalue weighted by atomic mass is 9.93. The maximum Gasteiger partial charge on any atom is 0.295 e. The zero-order chi connectivity index (χ0) is 23.7. The van der Waals surface area contributed by atoms with Gasteiger partial charge in [0.05, 0.1) is 22.1 Å². The lowest BCUT2D eigenvalue weighted by Gasteiger charge is -2.26. The summed E-state index contributed by atoms with van der Waals surface area (Å²) < 4.78 is 0. The number of nitro groups is 1. The van der Waals surface area contributed by atoms with Gasteiger partial charge in [0.1, 0.15) is 11.5 Å². The molecular weight excluding hydrogens is 414 g/mol. The van der Waals surface area contributed by atoms with Gasteiger partial charge in [-0.1, -0.05) is 0 Å². The second-order valence-corrected chi connectivity index (χ2v) is 8.10. The van der Waals surface area contributed by atoms with E-state index in [1.165, 1.54) is 35.2 Å². The van der Waals surface area contributed by atoms with E-state index in [2.05, 4.69) is 0 Å². The van der Waals surface area contributed by atoms with Crippen LogP contribution >= 0.6 is 0 Å². The fraction of sp³-hybridized carbons (Fsp3) is 0.304. The number of non-ortho nitro benzene ring substituents is 1. The Morgan fingerprint density at radius 2 is 1.72 bits per heavy atom. The van der Waals surface area contributed by atoms with Crippen LogP contribution in [0.25, 0.3) is 5.76 Å². The first-order chi connectivity index (χ1) is 15.0. The van der Waals surface area contributed by atoms with E-state index < -0.39 is 28.4 Å². The van der Waals surface area contributed by atoms with E-state index in [0.717, 1.165) is 11.1 Å². The molecule has 0 radical (unpaired) electrons. The Morgan fingerprint density at radius 1 is 1.12 bits per heavy atom. The number of carbonyl (C=O) groups is 2. The number of phenols is 1. The predicted molar refractivity (Wildman–Crippen MR) is 118 cm³/mol. The van der Waals surface area contributed by atoms with Crippen LogP contribution in [0, 0.1) is 24.0 Å². The van der Waals surface area contributed by atoms with Gasteiger partial charge in [-0.05, 0) is 68.9 Å². The van der Waals surface area contributed by atoms with Gasteiger partial charge >= 0.3 is 0 Å². The first kappa shape index (κ1) is 23.0. The molecule has 3 rings (SSSR count). The van der Waals surface area contributed by atoms with Gasteiger partial charge in [-0.2, -0.15) is 0 Å². The third-order valence-electron chi connectivity index (χ3n) is 5.61. The number of nitrogens with zero attached hydrogens (tertiary/aromatic N) is 3. The maximum atomic E-state index is 13.0. The van der Waals surface area contributed by atoms with Crippen LogP contribution in [0.2, 0.25) is 0 Å². The molecule has 9 nitrogen and oxygen atoms in total. The van der Waals surface area contributed by atoms with Gasteiger partial charge in [-0.25, -0.2) is 0 Å². The highest BCUT2D eigenvalue weighted by Gasteiger charge is 2.46. The number of aromatic hydroxyl groups is 1. The van der Waals surface area contributed by atoms with E-state index in [-0.39, 0.29) is 29.1 Å². The van der Waals surface area contributed by atoms with Crippen molar-refractivity contribution in [2.45, 2.75) is 19.9 Å². The second-order valence-electron chi connectivity index (χ2n) is 8.10. The smallest absolute Gasteiger partial charge is 0.295 e. The molecule has 32 heavy (non-hydrogen) atoms. The molecule has 9 heteroatoms. The molecule has 1 aliphatic rings. The normalized spacial score (nSPS) is 17.9. The Balaban J connectivity index is 2.20. The van der Waals surface area contributed by atoms with Gasteiger partial charge < -0.3 is 20.0 Å². The van der Waals surface area contributed by atoms with Crippen LogP contribution < -0.4 is 0 Å². The fourth-order valence-corrected chi connectivity index (χ4v) is 3.68. The van der Waals surface area contributed by atoms with Crippen molar-refractivity contribution in [2.75, 3.05) is 27.2 Å². The predicted octanol–water partition coefficient (Wildman–Crippen LogP) is 2.90. The summed E-state index contributed by atoms with van der Waals surface area (Å²) >= 11 is 0.